The van der Waals surface area contributed by atoms with E-state index in [1.54, 1.807) is 25.6 Å². The van der Waals surface area contributed by atoms with Gasteiger partial charge in [-0.25, -0.2) is 0 Å². The summed E-state index contributed by atoms with van der Waals surface area (Å²) in [6.45, 7) is 5.99. The number of aromatic nitrogens is 1. The maximum Gasteiger partial charge on any atom is 0.184 e. The molecule has 0 bridgehead atoms. The number of nitrogens with zero attached hydrogens (tertiary/aromatic N) is 2. The zero-order chi connectivity index (χ0) is 13.9. The molecule has 1 fully saturated rings. The van der Waals surface area contributed by atoms with E-state index in [-0.39, 0.29) is 5.78 Å². The molecular formula is C15H22N2O2. The predicted octanol–water partition coefficient (Wildman–Crippen LogP) is 2.54. The van der Waals surface area contributed by atoms with Crippen LogP contribution in [-0.2, 0) is 0 Å². The average molecular weight is 262 g/mol. The van der Waals surface area contributed by atoms with Crippen LogP contribution in [0.1, 0.15) is 43.5 Å². The number of pyridine rings is 1. The molecule has 0 amide bonds. The minimum absolute atomic E-state index is 0.112. The lowest BCUT2D eigenvalue weighted by molar-refractivity contribution is 0.0578. The number of Topliss-reactive ketones (excluding diaryl/α,β-unsaturated/α-hetero) is 1. The van der Waals surface area contributed by atoms with Crippen molar-refractivity contribution in [2.45, 2.75) is 38.6 Å². The van der Waals surface area contributed by atoms with Gasteiger partial charge in [-0.15, -0.1) is 0 Å². The number of piperidine rings is 1. The number of rotatable bonds is 4. The molecule has 0 aliphatic carbocycles. The lowest BCUT2D eigenvalue weighted by Crippen LogP contribution is -2.52. The molecule has 0 atom stereocenters. The number of likely N-dealkylation sites (tertiary alicyclic amines) is 1. The first-order valence-electron chi connectivity index (χ1n) is 6.84. The second-order valence-corrected chi connectivity index (χ2v) is 5.55. The molecule has 2 rings (SSSR count). The van der Waals surface area contributed by atoms with Gasteiger partial charge in [0.05, 0.1) is 18.8 Å². The molecule has 0 spiro atoms. The van der Waals surface area contributed by atoms with Crippen LogP contribution in [0.5, 0.6) is 5.75 Å². The number of hydrogen-bond acceptors (Lipinski definition) is 4. The van der Waals surface area contributed by atoms with E-state index < -0.39 is 5.54 Å². The summed E-state index contributed by atoms with van der Waals surface area (Å²) < 4.78 is 5.13. The van der Waals surface area contributed by atoms with Crippen molar-refractivity contribution in [1.82, 2.24) is 9.88 Å². The van der Waals surface area contributed by atoms with Gasteiger partial charge in [0.1, 0.15) is 5.75 Å². The topological polar surface area (TPSA) is 42.4 Å². The number of ketones is 1. The van der Waals surface area contributed by atoms with E-state index in [1.807, 2.05) is 13.8 Å². The van der Waals surface area contributed by atoms with Crippen LogP contribution in [0, 0.1) is 0 Å². The minimum atomic E-state index is -0.478. The van der Waals surface area contributed by atoms with E-state index in [2.05, 4.69) is 9.88 Å². The van der Waals surface area contributed by atoms with Gasteiger partial charge in [0.2, 0.25) is 0 Å². The Hall–Kier alpha value is -1.42. The molecule has 1 aliphatic rings. The van der Waals surface area contributed by atoms with Crippen LogP contribution >= 0.6 is 0 Å². The fraction of sp³-hybridized carbons (Fsp3) is 0.600. The highest BCUT2D eigenvalue weighted by atomic mass is 16.5. The lowest BCUT2D eigenvalue weighted by atomic mass is 9.90. The zero-order valence-electron chi connectivity index (χ0n) is 12.0. The Morgan fingerprint density at radius 3 is 2.58 bits per heavy atom. The summed E-state index contributed by atoms with van der Waals surface area (Å²) in [6.07, 6.45) is 6.85. The van der Waals surface area contributed by atoms with Gasteiger partial charge in [0.15, 0.2) is 5.78 Å². The van der Waals surface area contributed by atoms with E-state index in [0.717, 1.165) is 13.1 Å². The molecule has 4 nitrogen and oxygen atoms in total. The van der Waals surface area contributed by atoms with Crippen LogP contribution in [0.4, 0.5) is 0 Å². The maximum absolute atomic E-state index is 12.7. The molecule has 1 saturated heterocycles. The van der Waals surface area contributed by atoms with Crippen LogP contribution in [0.25, 0.3) is 0 Å². The van der Waals surface area contributed by atoms with E-state index >= 15 is 0 Å². The normalized spacial score (nSPS) is 17.2. The number of hydrogen-bond donors (Lipinski definition) is 0. The van der Waals surface area contributed by atoms with Gasteiger partial charge in [-0.05, 0) is 45.8 Å². The molecule has 1 aromatic heterocycles. The summed E-state index contributed by atoms with van der Waals surface area (Å²) in [5.74, 6) is 0.737. The first-order valence-corrected chi connectivity index (χ1v) is 6.84. The Morgan fingerprint density at radius 2 is 1.95 bits per heavy atom. The van der Waals surface area contributed by atoms with Gasteiger partial charge < -0.3 is 4.74 Å². The highest BCUT2D eigenvalue weighted by Gasteiger charge is 2.35. The monoisotopic (exact) mass is 262 g/mol. The fourth-order valence-corrected chi connectivity index (χ4v) is 2.60. The van der Waals surface area contributed by atoms with Crippen LogP contribution < -0.4 is 4.74 Å². The van der Waals surface area contributed by atoms with Crippen molar-refractivity contribution in [2.75, 3.05) is 20.2 Å². The molecule has 1 aromatic rings. The maximum atomic E-state index is 12.7. The molecule has 0 unspecified atom stereocenters. The SMILES string of the molecule is COc1cncc(C(=O)C(C)(C)N2CCCCC2)c1. The molecule has 2 heterocycles. The van der Waals surface area contributed by atoms with Gasteiger partial charge in [0, 0.05) is 11.8 Å². The summed E-state index contributed by atoms with van der Waals surface area (Å²) in [4.78, 5) is 19.0. The second kappa shape index (κ2) is 5.70. The molecule has 0 saturated carbocycles. The van der Waals surface area contributed by atoms with E-state index in [4.69, 9.17) is 4.74 Å². The molecule has 19 heavy (non-hydrogen) atoms. The number of carbonyl (C=O) groups is 1. The summed E-state index contributed by atoms with van der Waals surface area (Å²) in [6, 6.07) is 1.76. The van der Waals surface area contributed by atoms with E-state index in [1.165, 1.54) is 19.3 Å². The quantitative estimate of drug-likeness (QED) is 0.782. The molecule has 0 radical (unpaired) electrons. The van der Waals surface area contributed by atoms with Crippen LogP contribution in [0.2, 0.25) is 0 Å². The van der Waals surface area contributed by atoms with Gasteiger partial charge >= 0.3 is 0 Å². The summed E-state index contributed by atoms with van der Waals surface area (Å²) in [7, 11) is 1.58. The summed E-state index contributed by atoms with van der Waals surface area (Å²) >= 11 is 0. The van der Waals surface area contributed by atoms with Crippen molar-refractivity contribution < 1.29 is 9.53 Å². The van der Waals surface area contributed by atoms with Gasteiger partial charge in [-0.3, -0.25) is 14.7 Å². The fourth-order valence-electron chi connectivity index (χ4n) is 2.60. The third-order valence-electron chi connectivity index (χ3n) is 3.91. The van der Waals surface area contributed by atoms with E-state index in [0.29, 0.717) is 11.3 Å². The van der Waals surface area contributed by atoms with Crippen molar-refractivity contribution in [3.63, 3.8) is 0 Å². The second-order valence-electron chi connectivity index (χ2n) is 5.55. The Labute approximate surface area is 114 Å². The lowest BCUT2D eigenvalue weighted by Gasteiger charge is -2.39. The van der Waals surface area contributed by atoms with Crippen LogP contribution in [0.15, 0.2) is 18.5 Å². The summed E-state index contributed by atoms with van der Waals surface area (Å²) in [5.41, 5.74) is 0.143. The van der Waals surface area contributed by atoms with Crippen molar-refractivity contribution >= 4 is 5.78 Å². The minimum Gasteiger partial charge on any atom is -0.495 e. The van der Waals surface area contributed by atoms with Crippen molar-refractivity contribution in [3.05, 3.63) is 24.0 Å². The average Bonchev–Trinajstić information content (AvgIpc) is 2.47. The molecule has 104 valence electrons. The Bertz CT molecular complexity index is 451. The van der Waals surface area contributed by atoms with Gasteiger partial charge in [-0.1, -0.05) is 6.42 Å². The highest BCUT2D eigenvalue weighted by Crippen LogP contribution is 2.25. The first kappa shape index (κ1) is 14.0. The van der Waals surface area contributed by atoms with Gasteiger partial charge in [-0.2, -0.15) is 0 Å². The third kappa shape index (κ3) is 2.95. The molecule has 1 aliphatic heterocycles. The van der Waals surface area contributed by atoms with Crippen LogP contribution in [-0.4, -0.2) is 41.4 Å². The van der Waals surface area contributed by atoms with Crippen molar-refractivity contribution in [3.8, 4) is 5.75 Å². The summed E-state index contributed by atoms with van der Waals surface area (Å²) in [5, 5.41) is 0. The largest absolute Gasteiger partial charge is 0.495 e. The third-order valence-corrected chi connectivity index (χ3v) is 3.91. The predicted molar refractivity (Wildman–Crippen MR) is 74.6 cm³/mol. The number of carbonyl (C=O) groups excluding carboxylic acids is 1. The Morgan fingerprint density at radius 1 is 1.26 bits per heavy atom. The Balaban J connectivity index is 2.20. The van der Waals surface area contributed by atoms with Crippen molar-refractivity contribution in [2.24, 2.45) is 0 Å². The van der Waals surface area contributed by atoms with Crippen molar-refractivity contribution in [1.29, 1.82) is 0 Å². The van der Waals surface area contributed by atoms with E-state index in [9.17, 15) is 4.79 Å². The molecule has 0 N–H and O–H groups in total. The number of methoxy groups -OCH3 is 1. The van der Waals surface area contributed by atoms with Gasteiger partial charge in [0.25, 0.3) is 0 Å². The molecule has 4 heteroatoms. The molecule has 0 aromatic carbocycles. The van der Waals surface area contributed by atoms with Crippen LogP contribution in [0.3, 0.4) is 0 Å². The first-order chi connectivity index (χ1) is 9.05. The standard InChI is InChI=1S/C15H22N2O2/c1-15(2,17-7-5-4-6-8-17)14(18)12-9-13(19-3)11-16-10-12/h9-11H,4-8H2,1-3H3. The Kier molecular flexibility index (Phi) is 4.20. The number of ether oxygens (including phenoxy) is 1. The highest BCUT2D eigenvalue weighted by molar-refractivity contribution is 6.02. The molecular weight excluding hydrogens is 240 g/mol. The smallest absolute Gasteiger partial charge is 0.184 e. The zero-order valence-corrected chi connectivity index (χ0v) is 12.0.